The molecule has 0 radical (unpaired) electrons. The number of halogens is 1. The molecule has 0 saturated heterocycles. The Morgan fingerprint density at radius 2 is 2.31 bits per heavy atom. The van der Waals surface area contributed by atoms with Crippen molar-refractivity contribution in [3.05, 3.63) is 45.4 Å². The molecule has 3 N–H and O–H groups in total. The second-order valence-corrected chi connectivity index (χ2v) is 4.65. The zero-order valence-corrected chi connectivity index (χ0v) is 10.2. The Morgan fingerprint density at radius 1 is 1.50 bits per heavy atom. The van der Waals surface area contributed by atoms with Gasteiger partial charge >= 0.3 is 0 Å². The first kappa shape index (κ1) is 11.5. The van der Waals surface area contributed by atoms with Crippen molar-refractivity contribution in [2.45, 2.75) is 13.0 Å². The van der Waals surface area contributed by atoms with Crippen LogP contribution in [-0.2, 0) is 0 Å². The molecule has 84 valence electrons. The topological polar surface area (TPSA) is 63.8 Å². The van der Waals surface area contributed by atoms with Crippen LogP contribution in [-0.4, -0.2) is 9.59 Å². The van der Waals surface area contributed by atoms with Crippen LogP contribution in [0, 0.1) is 6.92 Å². The molecule has 0 aliphatic rings. The lowest BCUT2D eigenvalue weighted by atomic mass is 10.0. The Hall–Kier alpha value is -1.01. The Balaban J connectivity index is 2.37. The molecule has 0 aliphatic heterocycles. The van der Waals surface area contributed by atoms with Gasteiger partial charge in [0.05, 0.1) is 17.1 Å². The average molecular weight is 255 g/mol. The number of aryl methyl sites for hydroxylation is 1. The highest BCUT2D eigenvalue weighted by Crippen LogP contribution is 2.26. The summed E-state index contributed by atoms with van der Waals surface area (Å²) in [7, 11) is 0. The van der Waals surface area contributed by atoms with Gasteiger partial charge in [-0.05, 0) is 35.6 Å². The summed E-state index contributed by atoms with van der Waals surface area (Å²) in [4.78, 5) is 0.961. The van der Waals surface area contributed by atoms with Crippen molar-refractivity contribution in [1.82, 2.24) is 15.0 Å². The van der Waals surface area contributed by atoms with Crippen molar-refractivity contribution in [2.24, 2.45) is 5.84 Å². The molecule has 0 saturated carbocycles. The van der Waals surface area contributed by atoms with E-state index in [0.717, 1.165) is 21.0 Å². The highest BCUT2D eigenvalue weighted by molar-refractivity contribution is 7.05. The summed E-state index contributed by atoms with van der Waals surface area (Å²) in [6, 6.07) is 5.75. The first-order valence-electron chi connectivity index (χ1n) is 4.72. The fraction of sp³-hybridized carbons (Fsp3) is 0.200. The van der Waals surface area contributed by atoms with Gasteiger partial charge in [-0.3, -0.25) is 5.84 Å². The summed E-state index contributed by atoms with van der Waals surface area (Å²) >= 11 is 7.39. The quantitative estimate of drug-likeness (QED) is 0.650. The molecule has 4 nitrogen and oxygen atoms in total. The van der Waals surface area contributed by atoms with Crippen LogP contribution in [0.2, 0.25) is 5.02 Å². The average Bonchev–Trinajstić information content (AvgIpc) is 2.78. The van der Waals surface area contributed by atoms with Gasteiger partial charge in [0.25, 0.3) is 0 Å². The standard InChI is InChI=1S/C10H11ClN4S/c1-6-2-3-7(4-8(6)11)10(14-12)9-5-13-15-16-9/h2-5,10,14H,12H2,1H3. The summed E-state index contributed by atoms with van der Waals surface area (Å²) in [6.07, 6.45) is 1.70. The minimum atomic E-state index is -0.113. The maximum atomic E-state index is 6.08. The van der Waals surface area contributed by atoms with Gasteiger partial charge in [0.15, 0.2) is 0 Å². The molecule has 1 unspecified atom stereocenters. The monoisotopic (exact) mass is 254 g/mol. The SMILES string of the molecule is Cc1ccc(C(NN)c2cnns2)cc1Cl. The molecule has 0 bridgehead atoms. The van der Waals surface area contributed by atoms with Gasteiger partial charge < -0.3 is 0 Å². The number of nitrogens with zero attached hydrogens (tertiary/aromatic N) is 2. The molecule has 1 atom stereocenters. The van der Waals surface area contributed by atoms with Crippen molar-refractivity contribution in [3.63, 3.8) is 0 Å². The van der Waals surface area contributed by atoms with E-state index in [1.54, 1.807) is 6.20 Å². The molecule has 0 spiro atoms. The van der Waals surface area contributed by atoms with E-state index in [2.05, 4.69) is 15.0 Å². The molecule has 0 fully saturated rings. The van der Waals surface area contributed by atoms with Gasteiger partial charge in [-0.15, -0.1) is 5.10 Å². The first-order valence-corrected chi connectivity index (χ1v) is 5.87. The highest BCUT2D eigenvalue weighted by atomic mass is 35.5. The van der Waals surface area contributed by atoms with Crippen LogP contribution in [0.4, 0.5) is 0 Å². The van der Waals surface area contributed by atoms with Crippen molar-refractivity contribution < 1.29 is 0 Å². The lowest BCUT2D eigenvalue weighted by Crippen LogP contribution is -2.28. The Kier molecular flexibility index (Phi) is 3.50. The number of nitrogens with one attached hydrogen (secondary N) is 1. The molecule has 1 heterocycles. The van der Waals surface area contributed by atoms with Crippen LogP contribution in [0.3, 0.4) is 0 Å². The summed E-state index contributed by atoms with van der Waals surface area (Å²) in [5, 5.41) is 4.53. The van der Waals surface area contributed by atoms with Crippen LogP contribution in [0.1, 0.15) is 22.0 Å². The van der Waals surface area contributed by atoms with E-state index in [0.29, 0.717) is 0 Å². The predicted molar refractivity (Wildman–Crippen MR) is 65.3 cm³/mol. The number of hydrogen-bond acceptors (Lipinski definition) is 5. The van der Waals surface area contributed by atoms with Crippen LogP contribution in [0.25, 0.3) is 0 Å². The number of hydrazine groups is 1. The van der Waals surface area contributed by atoms with Gasteiger partial charge in [-0.25, -0.2) is 5.43 Å². The van der Waals surface area contributed by atoms with Gasteiger partial charge in [0, 0.05) is 5.02 Å². The van der Waals surface area contributed by atoms with E-state index in [9.17, 15) is 0 Å². The molecule has 1 aromatic heterocycles. The first-order chi connectivity index (χ1) is 7.72. The number of benzene rings is 1. The zero-order chi connectivity index (χ0) is 11.5. The molecule has 6 heteroatoms. The maximum absolute atomic E-state index is 6.08. The van der Waals surface area contributed by atoms with E-state index >= 15 is 0 Å². The second-order valence-electron chi connectivity index (χ2n) is 3.43. The fourth-order valence-electron chi connectivity index (χ4n) is 1.43. The van der Waals surface area contributed by atoms with Crippen molar-refractivity contribution in [1.29, 1.82) is 0 Å². The number of hydrogen-bond donors (Lipinski definition) is 2. The molecular weight excluding hydrogens is 244 g/mol. The Labute approximate surface area is 103 Å². The summed E-state index contributed by atoms with van der Waals surface area (Å²) < 4.78 is 3.82. The third-order valence-corrected chi connectivity index (χ3v) is 3.49. The minimum Gasteiger partial charge on any atom is -0.271 e. The molecule has 16 heavy (non-hydrogen) atoms. The lowest BCUT2D eigenvalue weighted by Gasteiger charge is -2.14. The summed E-state index contributed by atoms with van der Waals surface area (Å²) in [6.45, 7) is 1.96. The van der Waals surface area contributed by atoms with Gasteiger partial charge in [0.1, 0.15) is 0 Å². The maximum Gasteiger partial charge on any atom is 0.0835 e. The normalized spacial score (nSPS) is 12.7. The van der Waals surface area contributed by atoms with E-state index in [4.69, 9.17) is 17.4 Å². The van der Waals surface area contributed by atoms with Crippen molar-refractivity contribution in [2.75, 3.05) is 0 Å². The summed E-state index contributed by atoms with van der Waals surface area (Å²) in [5.74, 6) is 5.54. The molecular formula is C10H11ClN4S. The Morgan fingerprint density at radius 3 is 2.88 bits per heavy atom. The highest BCUT2D eigenvalue weighted by Gasteiger charge is 2.15. The number of aromatic nitrogens is 2. The number of rotatable bonds is 3. The van der Waals surface area contributed by atoms with Crippen LogP contribution in [0.15, 0.2) is 24.4 Å². The van der Waals surface area contributed by atoms with Crippen molar-refractivity contribution in [3.8, 4) is 0 Å². The zero-order valence-electron chi connectivity index (χ0n) is 8.64. The van der Waals surface area contributed by atoms with Gasteiger partial charge in [-0.1, -0.05) is 28.2 Å². The summed E-state index contributed by atoms with van der Waals surface area (Å²) in [5.41, 5.74) is 4.79. The largest absolute Gasteiger partial charge is 0.271 e. The molecule has 0 aliphatic carbocycles. The smallest absolute Gasteiger partial charge is 0.0835 e. The van der Waals surface area contributed by atoms with E-state index in [1.807, 2.05) is 25.1 Å². The number of nitrogens with two attached hydrogens (primary N) is 1. The van der Waals surface area contributed by atoms with Crippen LogP contribution in [0.5, 0.6) is 0 Å². The third-order valence-electron chi connectivity index (χ3n) is 2.36. The van der Waals surface area contributed by atoms with E-state index < -0.39 is 0 Å². The molecule has 2 rings (SSSR count). The van der Waals surface area contributed by atoms with Crippen LogP contribution >= 0.6 is 23.1 Å². The third kappa shape index (κ3) is 2.22. The molecule has 1 aromatic carbocycles. The molecule has 0 amide bonds. The van der Waals surface area contributed by atoms with Gasteiger partial charge in [-0.2, -0.15) is 0 Å². The predicted octanol–water partition coefficient (Wildman–Crippen LogP) is 2.05. The Bertz CT molecular complexity index is 472. The van der Waals surface area contributed by atoms with Crippen LogP contribution < -0.4 is 11.3 Å². The van der Waals surface area contributed by atoms with Crippen molar-refractivity contribution >= 4 is 23.1 Å². The fourth-order valence-corrected chi connectivity index (χ4v) is 2.21. The molecule has 2 aromatic rings. The van der Waals surface area contributed by atoms with E-state index in [1.165, 1.54) is 11.5 Å². The van der Waals surface area contributed by atoms with Gasteiger partial charge in [0.2, 0.25) is 0 Å². The van der Waals surface area contributed by atoms with E-state index in [-0.39, 0.29) is 6.04 Å². The second kappa shape index (κ2) is 4.88. The minimum absolute atomic E-state index is 0.113. The lowest BCUT2D eigenvalue weighted by molar-refractivity contribution is 0.645.